The lowest BCUT2D eigenvalue weighted by atomic mass is 9.86. The van der Waals surface area contributed by atoms with E-state index in [0.29, 0.717) is 11.1 Å². The summed E-state index contributed by atoms with van der Waals surface area (Å²) in [5.41, 5.74) is 7.19. The Balaban J connectivity index is 1.92. The Morgan fingerprint density at radius 3 is 2.52 bits per heavy atom. The second-order valence-electron chi connectivity index (χ2n) is 6.31. The molecule has 2 nitrogen and oxygen atoms in total. The molecule has 0 amide bonds. The highest BCUT2D eigenvalue weighted by atomic mass is 35.5. The van der Waals surface area contributed by atoms with Gasteiger partial charge in [0.05, 0.1) is 11.1 Å². The van der Waals surface area contributed by atoms with Crippen LogP contribution in [-0.2, 0) is 6.42 Å². The van der Waals surface area contributed by atoms with E-state index in [-0.39, 0.29) is 6.04 Å². The van der Waals surface area contributed by atoms with Gasteiger partial charge in [0.15, 0.2) is 0 Å². The Hall–Kier alpha value is -0.730. The van der Waals surface area contributed by atoms with E-state index in [0.717, 1.165) is 37.4 Å². The van der Waals surface area contributed by atoms with Crippen LogP contribution in [0.2, 0.25) is 5.02 Å². The zero-order valence-corrected chi connectivity index (χ0v) is 14.0. The van der Waals surface area contributed by atoms with Crippen molar-refractivity contribution in [2.75, 3.05) is 0 Å². The summed E-state index contributed by atoms with van der Waals surface area (Å²) in [5.74, 6) is 1.71. The zero-order chi connectivity index (χ0) is 15.2. The van der Waals surface area contributed by atoms with Crippen LogP contribution in [-0.4, -0.2) is 12.1 Å². The minimum atomic E-state index is 0.206. The highest BCUT2D eigenvalue weighted by molar-refractivity contribution is 6.32. The largest absolute Gasteiger partial charge is 0.489 e. The molecule has 1 saturated carbocycles. The first-order valence-electron chi connectivity index (χ1n) is 8.33. The monoisotopic (exact) mass is 309 g/mol. The number of benzene rings is 1. The number of ether oxygens (including phenoxy) is 1. The van der Waals surface area contributed by atoms with Crippen LogP contribution in [0.4, 0.5) is 0 Å². The summed E-state index contributed by atoms with van der Waals surface area (Å²) in [6.45, 7) is 4.39. The summed E-state index contributed by atoms with van der Waals surface area (Å²) in [6.07, 6.45) is 8.34. The van der Waals surface area contributed by atoms with Crippen LogP contribution in [0.15, 0.2) is 18.2 Å². The molecule has 0 aromatic heterocycles. The third-order valence-electron chi connectivity index (χ3n) is 4.68. The topological polar surface area (TPSA) is 35.2 Å². The molecular weight excluding hydrogens is 282 g/mol. The van der Waals surface area contributed by atoms with Gasteiger partial charge < -0.3 is 10.5 Å². The van der Waals surface area contributed by atoms with Crippen molar-refractivity contribution in [2.45, 2.75) is 70.9 Å². The molecule has 0 spiro atoms. The fourth-order valence-corrected chi connectivity index (χ4v) is 3.30. The van der Waals surface area contributed by atoms with Gasteiger partial charge in [-0.05, 0) is 62.1 Å². The number of nitrogens with two attached hydrogens (primary N) is 1. The standard InChI is InChI=1S/C18H28ClNO/c1-3-13-5-8-16(9-6-13)21-18-10-7-14(12-17(18)19)11-15(20)4-2/h7,10,12-13,15-16H,3-6,8-9,11,20H2,1-2H3. The minimum Gasteiger partial charge on any atom is -0.489 e. The van der Waals surface area contributed by atoms with Gasteiger partial charge in [0, 0.05) is 6.04 Å². The molecule has 1 fully saturated rings. The van der Waals surface area contributed by atoms with Crippen molar-refractivity contribution in [2.24, 2.45) is 11.7 Å². The third kappa shape index (κ3) is 4.89. The van der Waals surface area contributed by atoms with Gasteiger partial charge in [0.2, 0.25) is 0 Å². The highest BCUT2D eigenvalue weighted by Gasteiger charge is 2.21. The molecule has 118 valence electrons. The van der Waals surface area contributed by atoms with Gasteiger partial charge in [-0.25, -0.2) is 0 Å². The molecule has 2 rings (SSSR count). The van der Waals surface area contributed by atoms with Gasteiger partial charge in [-0.2, -0.15) is 0 Å². The quantitative estimate of drug-likeness (QED) is 0.805. The second kappa shape index (κ2) is 8.05. The Bertz CT molecular complexity index is 441. The van der Waals surface area contributed by atoms with Crippen molar-refractivity contribution >= 4 is 11.6 Å². The summed E-state index contributed by atoms with van der Waals surface area (Å²) in [6, 6.07) is 6.31. The van der Waals surface area contributed by atoms with Crippen LogP contribution in [0.5, 0.6) is 5.75 Å². The lowest BCUT2D eigenvalue weighted by molar-refractivity contribution is 0.130. The molecule has 0 bridgehead atoms. The second-order valence-corrected chi connectivity index (χ2v) is 6.71. The predicted molar refractivity (Wildman–Crippen MR) is 90.1 cm³/mol. The van der Waals surface area contributed by atoms with Crippen LogP contribution < -0.4 is 10.5 Å². The molecule has 1 unspecified atom stereocenters. The number of rotatable bonds is 6. The van der Waals surface area contributed by atoms with Gasteiger partial charge in [-0.15, -0.1) is 0 Å². The first-order chi connectivity index (χ1) is 10.1. The molecule has 0 radical (unpaired) electrons. The van der Waals surface area contributed by atoms with E-state index >= 15 is 0 Å². The lowest BCUT2D eigenvalue weighted by Gasteiger charge is -2.28. The molecule has 1 aromatic carbocycles. The maximum absolute atomic E-state index is 6.37. The summed E-state index contributed by atoms with van der Waals surface area (Å²) in [5, 5.41) is 0.716. The summed E-state index contributed by atoms with van der Waals surface area (Å²) in [7, 11) is 0. The van der Waals surface area contributed by atoms with E-state index < -0.39 is 0 Å². The summed E-state index contributed by atoms with van der Waals surface area (Å²) >= 11 is 6.37. The SMILES string of the molecule is CCC(N)Cc1ccc(OC2CCC(CC)CC2)c(Cl)c1. The number of hydrogen-bond donors (Lipinski definition) is 1. The molecular formula is C18H28ClNO. The Kier molecular flexibility index (Phi) is 6.38. The van der Waals surface area contributed by atoms with Gasteiger partial charge in [-0.1, -0.05) is 37.9 Å². The maximum atomic E-state index is 6.37. The number of halogens is 1. The van der Waals surface area contributed by atoms with E-state index in [9.17, 15) is 0 Å². The molecule has 2 N–H and O–H groups in total. The predicted octanol–water partition coefficient (Wildman–Crippen LogP) is 4.97. The van der Waals surface area contributed by atoms with Crippen molar-refractivity contribution in [3.8, 4) is 5.75 Å². The average molecular weight is 310 g/mol. The minimum absolute atomic E-state index is 0.206. The van der Waals surface area contributed by atoms with Crippen molar-refractivity contribution < 1.29 is 4.74 Å². The average Bonchev–Trinajstić information content (AvgIpc) is 2.50. The molecule has 3 heteroatoms. The van der Waals surface area contributed by atoms with Crippen LogP contribution >= 0.6 is 11.6 Å². The Morgan fingerprint density at radius 1 is 1.24 bits per heavy atom. The normalized spacial score (nSPS) is 23.8. The lowest BCUT2D eigenvalue weighted by Crippen LogP contribution is -2.24. The zero-order valence-electron chi connectivity index (χ0n) is 13.3. The van der Waals surface area contributed by atoms with E-state index in [1.54, 1.807) is 0 Å². The molecule has 0 heterocycles. The van der Waals surface area contributed by atoms with E-state index in [4.69, 9.17) is 22.1 Å². The molecule has 21 heavy (non-hydrogen) atoms. The van der Waals surface area contributed by atoms with Crippen LogP contribution in [0, 0.1) is 5.92 Å². The smallest absolute Gasteiger partial charge is 0.138 e. The molecule has 1 aliphatic carbocycles. The fourth-order valence-electron chi connectivity index (χ4n) is 3.05. The van der Waals surface area contributed by atoms with Crippen LogP contribution in [0.3, 0.4) is 0 Å². The summed E-state index contributed by atoms with van der Waals surface area (Å²) < 4.78 is 6.10. The van der Waals surface area contributed by atoms with Crippen molar-refractivity contribution in [3.63, 3.8) is 0 Å². The van der Waals surface area contributed by atoms with Gasteiger partial charge in [-0.3, -0.25) is 0 Å². The Morgan fingerprint density at radius 2 is 1.95 bits per heavy atom. The fraction of sp³-hybridized carbons (Fsp3) is 0.667. The first-order valence-corrected chi connectivity index (χ1v) is 8.70. The highest BCUT2D eigenvalue weighted by Crippen LogP contribution is 2.32. The summed E-state index contributed by atoms with van der Waals surface area (Å²) in [4.78, 5) is 0. The molecule has 1 atom stereocenters. The third-order valence-corrected chi connectivity index (χ3v) is 4.98. The van der Waals surface area contributed by atoms with Gasteiger partial charge >= 0.3 is 0 Å². The van der Waals surface area contributed by atoms with Crippen molar-refractivity contribution in [1.82, 2.24) is 0 Å². The van der Waals surface area contributed by atoms with Crippen molar-refractivity contribution in [3.05, 3.63) is 28.8 Å². The van der Waals surface area contributed by atoms with Crippen molar-refractivity contribution in [1.29, 1.82) is 0 Å². The van der Waals surface area contributed by atoms with Gasteiger partial charge in [0.1, 0.15) is 5.75 Å². The Labute approximate surface area is 134 Å². The van der Waals surface area contributed by atoms with Gasteiger partial charge in [0.25, 0.3) is 0 Å². The van der Waals surface area contributed by atoms with E-state index in [2.05, 4.69) is 19.9 Å². The first kappa shape index (κ1) is 16.6. The molecule has 1 aliphatic rings. The molecule has 0 aliphatic heterocycles. The maximum Gasteiger partial charge on any atom is 0.138 e. The van der Waals surface area contributed by atoms with E-state index in [1.165, 1.54) is 24.8 Å². The molecule has 1 aromatic rings. The van der Waals surface area contributed by atoms with Crippen LogP contribution in [0.25, 0.3) is 0 Å². The van der Waals surface area contributed by atoms with E-state index in [1.807, 2.05) is 12.1 Å². The molecule has 0 saturated heterocycles. The van der Waals surface area contributed by atoms with Crippen LogP contribution in [0.1, 0.15) is 57.9 Å². The number of hydrogen-bond acceptors (Lipinski definition) is 2.